The summed E-state index contributed by atoms with van der Waals surface area (Å²) in [7, 11) is 1.81. The molecule has 6 heteroatoms. The van der Waals surface area contributed by atoms with E-state index in [2.05, 4.69) is 40.6 Å². The van der Waals surface area contributed by atoms with Gasteiger partial charge in [-0.3, -0.25) is 0 Å². The van der Waals surface area contributed by atoms with Gasteiger partial charge in [0, 0.05) is 42.4 Å². The van der Waals surface area contributed by atoms with Crippen molar-refractivity contribution < 1.29 is 9.90 Å². The zero-order valence-corrected chi connectivity index (χ0v) is 18.2. The number of benzene rings is 1. The van der Waals surface area contributed by atoms with Crippen molar-refractivity contribution in [1.82, 2.24) is 5.32 Å². The number of hydrogen-bond donors (Lipinski definition) is 2. The molecule has 5 nitrogen and oxygen atoms in total. The normalized spacial score (nSPS) is 14.1. The molecule has 2 N–H and O–H groups in total. The van der Waals surface area contributed by atoms with Gasteiger partial charge >= 0.3 is 0 Å². The Balaban J connectivity index is 0. The van der Waals surface area contributed by atoms with Crippen molar-refractivity contribution in [2.24, 2.45) is 0 Å². The highest BCUT2D eigenvalue weighted by atomic mass is 32.2. The van der Waals surface area contributed by atoms with Crippen LogP contribution in [0.25, 0.3) is 6.08 Å². The van der Waals surface area contributed by atoms with E-state index >= 15 is 0 Å². The van der Waals surface area contributed by atoms with Crippen molar-refractivity contribution in [2.75, 3.05) is 43.1 Å². The molecule has 0 spiro atoms. The molecular weight excluding hydrogens is 358 g/mol. The van der Waals surface area contributed by atoms with Gasteiger partial charge in [-0.1, -0.05) is 26.0 Å². The van der Waals surface area contributed by atoms with Crippen LogP contribution in [0.1, 0.15) is 33.3 Å². The molecule has 27 heavy (non-hydrogen) atoms. The molecule has 0 bridgehead atoms. The van der Waals surface area contributed by atoms with E-state index in [4.69, 9.17) is 15.2 Å². The summed E-state index contributed by atoms with van der Waals surface area (Å²) in [5, 5.41) is 20.0. The van der Waals surface area contributed by atoms with E-state index in [-0.39, 0.29) is 6.10 Å². The van der Waals surface area contributed by atoms with Gasteiger partial charge in [0.2, 0.25) is 0 Å². The first kappa shape index (κ1) is 27.4. The molecule has 0 radical (unpaired) electrons. The molecule has 1 heterocycles. The topological polar surface area (TPSA) is 76.4 Å². The minimum atomic E-state index is -0.213. The van der Waals surface area contributed by atoms with Crippen LogP contribution in [0.5, 0.6) is 0 Å². The van der Waals surface area contributed by atoms with Crippen LogP contribution in [0, 0.1) is 11.3 Å². The SMILES string of the molecule is C/C(C#N)=C/c1ccc(N2CCSCC2)cc1.C=O.CC.CNCC(C)O. The fourth-order valence-corrected chi connectivity index (χ4v) is 3.08. The van der Waals surface area contributed by atoms with Gasteiger partial charge in [0.1, 0.15) is 6.79 Å². The Kier molecular flexibility index (Phi) is 19.3. The summed E-state index contributed by atoms with van der Waals surface area (Å²) in [6, 6.07) is 10.6. The third-order valence-electron chi connectivity index (χ3n) is 3.33. The van der Waals surface area contributed by atoms with Gasteiger partial charge < -0.3 is 20.1 Å². The summed E-state index contributed by atoms with van der Waals surface area (Å²) in [6.45, 7) is 12.5. The number of thioether (sulfide) groups is 1. The first-order valence-corrected chi connectivity index (χ1v) is 10.3. The smallest absolute Gasteiger partial charge is 0.106 e. The fraction of sp³-hybridized carbons (Fsp3) is 0.524. The summed E-state index contributed by atoms with van der Waals surface area (Å²) in [6.07, 6.45) is 1.70. The molecular formula is C21H35N3O2S. The second-order valence-corrected chi connectivity index (χ2v) is 6.76. The van der Waals surface area contributed by atoms with E-state index in [1.165, 1.54) is 17.2 Å². The van der Waals surface area contributed by atoms with E-state index in [1.54, 1.807) is 6.92 Å². The Morgan fingerprint density at radius 2 is 1.85 bits per heavy atom. The Bertz CT molecular complexity index is 533. The molecule has 1 saturated heterocycles. The standard InChI is InChI=1S/C14H16N2S.C4H11NO.C2H6.CH2O/c1-12(11-15)10-13-2-4-14(5-3-13)16-6-8-17-9-7-16;1-4(6)3-5-2;2*1-2/h2-5,10H,6-9H2,1H3;4-6H,3H2,1-2H3;1-2H3;1H2/b12-10-;;;. The number of aliphatic hydroxyl groups is 1. The van der Waals surface area contributed by atoms with Crippen molar-refractivity contribution in [1.29, 1.82) is 5.26 Å². The molecule has 2 rings (SSSR count). The maximum atomic E-state index is 8.73. The van der Waals surface area contributed by atoms with E-state index in [1.807, 2.05) is 52.4 Å². The molecule has 1 aromatic carbocycles. The highest BCUT2D eigenvalue weighted by molar-refractivity contribution is 7.99. The number of nitrogens with zero attached hydrogens (tertiary/aromatic N) is 2. The van der Waals surface area contributed by atoms with Crippen LogP contribution in [-0.2, 0) is 4.79 Å². The van der Waals surface area contributed by atoms with Gasteiger partial charge in [-0.05, 0) is 44.7 Å². The van der Waals surface area contributed by atoms with Crippen LogP contribution >= 0.6 is 11.8 Å². The Morgan fingerprint density at radius 3 is 2.22 bits per heavy atom. The number of hydrogen-bond acceptors (Lipinski definition) is 6. The number of nitriles is 1. The zero-order chi connectivity index (χ0) is 21.1. The number of carbonyl (C=O) groups excluding carboxylic acids is 1. The first-order valence-electron chi connectivity index (χ1n) is 9.19. The van der Waals surface area contributed by atoms with Gasteiger partial charge in [0.05, 0.1) is 12.2 Å². The minimum Gasteiger partial charge on any atom is -0.392 e. The quantitative estimate of drug-likeness (QED) is 0.761. The molecule has 1 atom stereocenters. The first-order chi connectivity index (χ1) is 13.1. The average Bonchev–Trinajstić information content (AvgIpc) is 2.72. The monoisotopic (exact) mass is 393 g/mol. The molecule has 0 aromatic heterocycles. The van der Waals surface area contributed by atoms with Gasteiger partial charge in [0.25, 0.3) is 0 Å². The van der Waals surface area contributed by atoms with Crippen LogP contribution in [0.2, 0.25) is 0 Å². The third kappa shape index (κ3) is 14.0. The largest absolute Gasteiger partial charge is 0.392 e. The number of carbonyl (C=O) groups is 1. The predicted molar refractivity (Wildman–Crippen MR) is 119 cm³/mol. The molecule has 0 amide bonds. The lowest BCUT2D eigenvalue weighted by molar-refractivity contribution is -0.0979. The van der Waals surface area contributed by atoms with Crippen LogP contribution < -0.4 is 10.2 Å². The Morgan fingerprint density at radius 1 is 1.33 bits per heavy atom. The molecule has 1 aliphatic heterocycles. The summed E-state index contributed by atoms with van der Waals surface area (Å²) in [4.78, 5) is 10.4. The fourth-order valence-electron chi connectivity index (χ4n) is 2.18. The summed E-state index contributed by atoms with van der Waals surface area (Å²) in [5.41, 5.74) is 3.13. The van der Waals surface area contributed by atoms with Crippen LogP contribution in [0.15, 0.2) is 29.8 Å². The van der Waals surface area contributed by atoms with Crippen LogP contribution in [-0.4, -0.2) is 56.2 Å². The average molecular weight is 394 g/mol. The van der Waals surface area contributed by atoms with Crippen molar-refractivity contribution >= 4 is 30.3 Å². The van der Waals surface area contributed by atoms with Gasteiger partial charge in [-0.2, -0.15) is 17.0 Å². The second-order valence-electron chi connectivity index (χ2n) is 5.54. The molecule has 1 fully saturated rings. The molecule has 1 unspecified atom stereocenters. The van der Waals surface area contributed by atoms with Gasteiger partial charge in [0.15, 0.2) is 0 Å². The second kappa shape index (κ2) is 19.0. The van der Waals surface area contributed by atoms with Crippen molar-refractivity contribution in [3.05, 3.63) is 35.4 Å². The minimum absolute atomic E-state index is 0.213. The molecule has 0 saturated carbocycles. The molecule has 1 aromatic rings. The lowest BCUT2D eigenvalue weighted by Crippen LogP contribution is -2.32. The highest BCUT2D eigenvalue weighted by Crippen LogP contribution is 2.20. The molecule has 1 aliphatic rings. The van der Waals surface area contributed by atoms with Crippen molar-refractivity contribution in [3.63, 3.8) is 0 Å². The van der Waals surface area contributed by atoms with E-state index in [0.717, 1.165) is 24.2 Å². The number of anilines is 1. The van der Waals surface area contributed by atoms with Gasteiger partial charge in [-0.15, -0.1) is 0 Å². The van der Waals surface area contributed by atoms with Crippen LogP contribution in [0.4, 0.5) is 5.69 Å². The number of rotatable bonds is 4. The van der Waals surface area contributed by atoms with Crippen molar-refractivity contribution in [2.45, 2.75) is 33.8 Å². The molecule has 0 aliphatic carbocycles. The lowest BCUT2D eigenvalue weighted by atomic mass is 10.1. The maximum absolute atomic E-state index is 8.73. The van der Waals surface area contributed by atoms with Crippen molar-refractivity contribution in [3.8, 4) is 6.07 Å². The predicted octanol–water partition coefficient (Wildman–Crippen LogP) is 3.59. The summed E-state index contributed by atoms with van der Waals surface area (Å²) in [5.74, 6) is 2.43. The van der Waals surface area contributed by atoms with Gasteiger partial charge in [-0.25, -0.2) is 0 Å². The van der Waals surface area contributed by atoms with Crippen LogP contribution in [0.3, 0.4) is 0 Å². The molecule has 152 valence electrons. The maximum Gasteiger partial charge on any atom is 0.106 e. The number of likely N-dealkylation sites (N-methyl/N-ethyl adjacent to an activating group) is 1. The zero-order valence-electron chi connectivity index (χ0n) is 17.4. The van der Waals surface area contributed by atoms with E-state index in [9.17, 15) is 0 Å². The Labute approximate surface area is 169 Å². The van der Waals surface area contributed by atoms with E-state index < -0.39 is 0 Å². The summed E-state index contributed by atoms with van der Waals surface area (Å²) >= 11 is 2.02. The van der Waals surface area contributed by atoms with E-state index in [0.29, 0.717) is 6.54 Å². The summed E-state index contributed by atoms with van der Waals surface area (Å²) < 4.78 is 0. The highest BCUT2D eigenvalue weighted by Gasteiger charge is 2.10. The number of aliphatic hydroxyl groups excluding tert-OH is 1. The lowest BCUT2D eigenvalue weighted by Gasteiger charge is -2.28. The number of allylic oxidation sites excluding steroid dienone is 1. The number of nitrogens with one attached hydrogen (secondary N) is 1. The third-order valence-corrected chi connectivity index (χ3v) is 4.27. The Hall–Kier alpha value is -1.81.